The van der Waals surface area contributed by atoms with Crippen molar-refractivity contribution in [3.63, 3.8) is 0 Å². The summed E-state index contributed by atoms with van der Waals surface area (Å²) in [6, 6.07) is 0. The zero-order chi connectivity index (χ0) is 7.44. The van der Waals surface area contributed by atoms with E-state index in [4.69, 9.17) is 5.73 Å². The van der Waals surface area contributed by atoms with Gasteiger partial charge < -0.3 is 5.73 Å². The van der Waals surface area contributed by atoms with Gasteiger partial charge in [0.2, 0.25) is 5.91 Å². The number of hydrogen-bond donors (Lipinski definition) is 1. The predicted octanol–water partition coefficient (Wildman–Crippen LogP) is 0.555. The Bertz CT molecular complexity index is 157. The summed E-state index contributed by atoms with van der Waals surface area (Å²) in [5.74, 6) is -0.597. The van der Waals surface area contributed by atoms with Crippen molar-refractivity contribution in [3.8, 4) is 0 Å². The van der Waals surface area contributed by atoms with Crippen molar-refractivity contribution < 1.29 is 4.79 Å². The van der Waals surface area contributed by atoms with Crippen LogP contribution in [0.3, 0.4) is 0 Å². The second-order valence-electron chi connectivity index (χ2n) is 1.35. The fourth-order valence-corrected chi connectivity index (χ4v) is 0.324. The van der Waals surface area contributed by atoms with Gasteiger partial charge in [0.1, 0.15) is 3.92 Å². The topological polar surface area (TPSA) is 72.5 Å². The van der Waals surface area contributed by atoms with E-state index in [0.717, 1.165) is 0 Å². The number of nitrogens with zero attached hydrogens (tertiary/aromatic N) is 1. The Balaban J connectivity index is 4.03. The van der Waals surface area contributed by atoms with Crippen LogP contribution < -0.4 is 5.73 Å². The van der Waals surface area contributed by atoms with Gasteiger partial charge in [-0.1, -0.05) is 29.2 Å². The maximum Gasteiger partial charge on any atom is 0.236 e. The number of nitroso groups, excluding NO2 is 1. The molecule has 0 aliphatic carbocycles. The van der Waals surface area contributed by atoms with Crippen LogP contribution in [0, 0.1) is 4.91 Å². The third-order valence-electron chi connectivity index (χ3n) is 0.660. The van der Waals surface area contributed by atoms with Crippen LogP contribution in [0.4, 0.5) is 0 Å². The highest BCUT2D eigenvalue weighted by atomic mass is 127. The van der Waals surface area contributed by atoms with Gasteiger partial charge in [-0.25, -0.2) is 0 Å². The van der Waals surface area contributed by atoms with E-state index < -0.39 is 9.83 Å². The summed E-state index contributed by atoms with van der Waals surface area (Å²) in [5, 5.41) is 2.46. The standard InChI is InChI=1S/C4H5IN2O2/c1-2(7-9)3(5)4(6)8/h3H,1H2,(H2,6,8). The molecule has 0 saturated carbocycles. The van der Waals surface area contributed by atoms with Crippen molar-refractivity contribution in [2.75, 3.05) is 0 Å². The van der Waals surface area contributed by atoms with Gasteiger partial charge in [0.15, 0.2) is 0 Å². The van der Waals surface area contributed by atoms with Crippen LogP contribution in [-0.2, 0) is 4.79 Å². The second kappa shape index (κ2) is 3.54. The third-order valence-corrected chi connectivity index (χ3v) is 1.99. The predicted molar refractivity (Wildman–Crippen MR) is 41.9 cm³/mol. The van der Waals surface area contributed by atoms with E-state index >= 15 is 0 Å². The number of alkyl halides is 1. The molecule has 5 heteroatoms. The molecule has 4 nitrogen and oxygen atoms in total. The fraction of sp³-hybridized carbons (Fsp3) is 0.250. The molecule has 50 valence electrons. The first-order valence-corrected chi connectivity index (χ1v) is 3.29. The molecule has 0 bridgehead atoms. The van der Waals surface area contributed by atoms with Crippen molar-refractivity contribution in [1.82, 2.24) is 0 Å². The lowest BCUT2D eigenvalue weighted by Gasteiger charge is -1.98. The van der Waals surface area contributed by atoms with Crippen LogP contribution in [0.1, 0.15) is 0 Å². The minimum atomic E-state index is -0.680. The average molecular weight is 240 g/mol. The molecule has 9 heavy (non-hydrogen) atoms. The summed E-state index contributed by atoms with van der Waals surface area (Å²) >= 11 is 1.69. The number of carbonyl (C=O) groups is 1. The summed E-state index contributed by atoms with van der Waals surface area (Å²) in [4.78, 5) is 19.9. The molecule has 0 aromatic heterocycles. The number of halogens is 1. The van der Waals surface area contributed by atoms with E-state index in [-0.39, 0.29) is 5.70 Å². The lowest BCUT2D eigenvalue weighted by atomic mass is 10.3. The van der Waals surface area contributed by atoms with E-state index in [1.54, 1.807) is 22.6 Å². The van der Waals surface area contributed by atoms with Crippen LogP contribution in [-0.4, -0.2) is 9.83 Å². The number of amides is 1. The number of carbonyl (C=O) groups excluding carboxylic acids is 1. The van der Waals surface area contributed by atoms with Crippen LogP contribution in [0.5, 0.6) is 0 Å². The SMILES string of the molecule is C=C(N=O)C(I)C(N)=O. The van der Waals surface area contributed by atoms with Gasteiger partial charge in [-0.2, -0.15) is 0 Å². The Hall–Kier alpha value is -0.460. The number of primary amides is 1. The fourth-order valence-electron chi connectivity index (χ4n) is 0.210. The Morgan fingerprint density at radius 3 is 2.33 bits per heavy atom. The number of hydrogen-bond acceptors (Lipinski definition) is 3. The highest BCUT2D eigenvalue weighted by molar-refractivity contribution is 14.1. The molecule has 0 aliphatic heterocycles. The first-order chi connectivity index (χ1) is 4.09. The number of nitrogens with two attached hydrogens (primary N) is 1. The minimum Gasteiger partial charge on any atom is -0.368 e. The van der Waals surface area contributed by atoms with Crippen LogP contribution in [0.25, 0.3) is 0 Å². The van der Waals surface area contributed by atoms with Gasteiger partial charge >= 0.3 is 0 Å². The highest BCUT2D eigenvalue weighted by Gasteiger charge is 2.14. The third kappa shape index (κ3) is 2.54. The smallest absolute Gasteiger partial charge is 0.236 e. The normalized spacial score (nSPS) is 12.1. The Kier molecular flexibility index (Phi) is 3.36. The van der Waals surface area contributed by atoms with Crippen molar-refractivity contribution in [2.24, 2.45) is 10.9 Å². The largest absolute Gasteiger partial charge is 0.368 e. The summed E-state index contributed by atoms with van der Waals surface area (Å²) in [5.41, 5.74) is 4.77. The molecule has 0 radical (unpaired) electrons. The van der Waals surface area contributed by atoms with Crippen molar-refractivity contribution in [3.05, 3.63) is 17.2 Å². The Morgan fingerprint density at radius 1 is 1.78 bits per heavy atom. The maximum absolute atomic E-state index is 10.3. The lowest BCUT2D eigenvalue weighted by molar-refractivity contribution is -0.116. The number of rotatable bonds is 3. The van der Waals surface area contributed by atoms with E-state index in [2.05, 4.69) is 11.8 Å². The van der Waals surface area contributed by atoms with Gasteiger partial charge in [0.05, 0.1) is 5.70 Å². The molecule has 1 atom stereocenters. The zero-order valence-electron chi connectivity index (χ0n) is 4.50. The monoisotopic (exact) mass is 240 g/mol. The van der Waals surface area contributed by atoms with Gasteiger partial charge in [-0.05, 0) is 5.18 Å². The van der Waals surface area contributed by atoms with Gasteiger partial charge in [0.25, 0.3) is 0 Å². The molecule has 1 unspecified atom stereocenters. The van der Waals surface area contributed by atoms with Gasteiger partial charge in [-0.3, -0.25) is 4.79 Å². The molecule has 0 spiro atoms. The van der Waals surface area contributed by atoms with Crippen LogP contribution in [0.15, 0.2) is 17.5 Å². The van der Waals surface area contributed by atoms with Crippen LogP contribution >= 0.6 is 22.6 Å². The van der Waals surface area contributed by atoms with E-state index in [1.807, 2.05) is 0 Å². The molecular weight excluding hydrogens is 235 g/mol. The summed E-state index contributed by atoms with van der Waals surface area (Å²) in [6.45, 7) is 3.21. The second-order valence-corrected chi connectivity index (χ2v) is 2.59. The molecule has 0 heterocycles. The Morgan fingerprint density at radius 2 is 2.22 bits per heavy atom. The van der Waals surface area contributed by atoms with Crippen molar-refractivity contribution in [1.29, 1.82) is 0 Å². The Labute approximate surface area is 65.6 Å². The average Bonchev–Trinajstić information content (AvgIpc) is 1.84. The van der Waals surface area contributed by atoms with E-state index in [9.17, 15) is 9.70 Å². The maximum atomic E-state index is 10.3. The van der Waals surface area contributed by atoms with Crippen molar-refractivity contribution in [2.45, 2.75) is 3.92 Å². The molecule has 0 aliphatic rings. The summed E-state index contributed by atoms with van der Waals surface area (Å²) in [7, 11) is 0. The van der Waals surface area contributed by atoms with Crippen molar-refractivity contribution >= 4 is 28.5 Å². The molecule has 0 rings (SSSR count). The molecule has 0 aromatic carbocycles. The van der Waals surface area contributed by atoms with Gasteiger partial charge in [0, 0.05) is 0 Å². The lowest BCUT2D eigenvalue weighted by Crippen LogP contribution is -2.23. The van der Waals surface area contributed by atoms with E-state index in [0.29, 0.717) is 0 Å². The van der Waals surface area contributed by atoms with E-state index in [1.165, 1.54) is 0 Å². The molecule has 0 aromatic rings. The molecule has 2 N–H and O–H groups in total. The first kappa shape index (κ1) is 8.54. The highest BCUT2D eigenvalue weighted by Crippen LogP contribution is 2.10. The zero-order valence-corrected chi connectivity index (χ0v) is 6.66. The first-order valence-electron chi connectivity index (χ1n) is 2.05. The molecule has 0 fully saturated rings. The van der Waals surface area contributed by atoms with Gasteiger partial charge in [-0.15, -0.1) is 4.91 Å². The summed E-state index contributed by atoms with van der Waals surface area (Å²) < 4.78 is -0.680. The molecule has 0 saturated heterocycles. The molecule has 1 amide bonds. The minimum absolute atomic E-state index is 0.0388. The summed E-state index contributed by atoms with van der Waals surface area (Å²) in [6.07, 6.45) is 0. The molecular formula is C4H5IN2O2. The quantitative estimate of drug-likeness (QED) is 0.444. The van der Waals surface area contributed by atoms with Crippen LogP contribution in [0.2, 0.25) is 0 Å².